The lowest BCUT2D eigenvalue weighted by molar-refractivity contribution is -0.137. The van der Waals surface area contributed by atoms with E-state index in [9.17, 15) is 9.90 Å². The van der Waals surface area contributed by atoms with Gasteiger partial charge >= 0.3 is 0 Å². The van der Waals surface area contributed by atoms with Gasteiger partial charge in [0.15, 0.2) is 0 Å². The van der Waals surface area contributed by atoms with Crippen molar-refractivity contribution in [3.8, 4) is 0 Å². The summed E-state index contributed by atoms with van der Waals surface area (Å²) in [5, 5.41) is 12.3. The summed E-state index contributed by atoms with van der Waals surface area (Å²) in [5.74, 6) is 0.207. The lowest BCUT2D eigenvalue weighted by Crippen LogP contribution is -2.53. The van der Waals surface area contributed by atoms with Gasteiger partial charge in [0, 0.05) is 49.9 Å². The van der Waals surface area contributed by atoms with Gasteiger partial charge < -0.3 is 14.9 Å². The summed E-state index contributed by atoms with van der Waals surface area (Å²) in [6, 6.07) is 26.4. The Morgan fingerprint density at radius 2 is 1.64 bits per heavy atom. The molecular weight excluding hydrogens is 470 g/mol. The molecule has 2 heterocycles. The standard InChI is InChI=1S/C30H34ClN3O2/c1-32(20-22-7-3-2-4-8-22)29(35)24-15-17-33(18-16-24)30(36)28-19-25-9-5-6-10-27(25)34(28)21-23-11-13-26(31)14-12-23/h2-14,24,28,30,36H,15-21H2,1H3. The fourth-order valence-corrected chi connectivity index (χ4v) is 5.76. The van der Waals surface area contributed by atoms with Crippen LogP contribution < -0.4 is 4.90 Å². The maximum absolute atomic E-state index is 13.1. The first kappa shape index (κ1) is 24.8. The van der Waals surface area contributed by atoms with Gasteiger partial charge in [-0.05, 0) is 54.2 Å². The van der Waals surface area contributed by atoms with E-state index in [1.54, 1.807) is 0 Å². The molecule has 2 atom stereocenters. The van der Waals surface area contributed by atoms with Gasteiger partial charge in [0.25, 0.3) is 0 Å². The first-order valence-corrected chi connectivity index (χ1v) is 13.2. The van der Waals surface area contributed by atoms with Crippen molar-refractivity contribution >= 4 is 23.2 Å². The third-order valence-corrected chi connectivity index (χ3v) is 7.88. The van der Waals surface area contributed by atoms with Crippen LogP contribution in [-0.4, -0.2) is 53.2 Å². The predicted octanol–water partition coefficient (Wildman–Crippen LogP) is 4.96. The van der Waals surface area contributed by atoms with Crippen LogP contribution in [0.4, 0.5) is 5.69 Å². The Balaban J connectivity index is 1.22. The molecule has 2 aliphatic rings. The van der Waals surface area contributed by atoms with Crippen LogP contribution in [0.25, 0.3) is 0 Å². The minimum atomic E-state index is -0.595. The summed E-state index contributed by atoms with van der Waals surface area (Å²) >= 11 is 6.10. The molecule has 0 radical (unpaired) electrons. The van der Waals surface area contributed by atoms with E-state index in [-0.39, 0.29) is 17.9 Å². The highest BCUT2D eigenvalue weighted by molar-refractivity contribution is 6.30. The number of carbonyl (C=O) groups excluding carboxylic acids is 1. The molecule has 0 bridgehead atoms. The second-order valence-electron chi connectivity index (χ2n) is 10.1. The molecule has 1 amide bonds. The highest BCUT2D eigenvalue weighted by Gasteiger charge is 2.39. The van der Waals surface area contributed by atoms with Crippen LogP contribution in [0, 0.1) is 5.92 Å². The molecule has 2 aliphatic heterocycles. The largest absolute Gasteiger partial charge is 0.376 e. The third-order valence-electron chi connectivity index (χ3n) is 7.63. The van der Waals surface area contributed by atoms with E-state index in [4.69, 9.17) is 11.6 Å². The summed E-state index contributed by atoms with van der Waals surface area (Å²) < 4.78 is 0. The van der Waals surface area contributed by atoms with Crippen LogP contribution >= 0.6 is 11.6 Å². The molecule has 3 aromatic rings. The highest BCUT2D eigenvalue weighted by Crippen LogP contribution is 2.36. The Hall–Kier alpha value is -2.86. The zero-order chi connectivity index (χ0) is 25.1. The lowest BCUT2D eigenvalue weighted by Gasteiger charge is -2.40. The monoisotopic (exact) mass is 503 g/mol. The molecule has 1 N–H and O–H groups in total. The minimum absolute atomic E-state index is 0.00751. The number of carbonyl (C=O) groups is 1. The number of rotatable bonds is 7. The molecular formula is C30H34ClN3O2. The van der Waals surface area contributed by atoms with E-state index >= 15 is 0 Å². The highest BCUT2D eigenvalue weighted by atomic mass is 35.5. The molecule has 0 aliphatic carbocycles. The first-order valence-electron chi connectivity index (χ1n) is 12.8. The van der Waals surface area contributed by atoms with Gasteiger partial charge in [0.1, 0.15) is 6.23 Å². The van der Waals surface area contributed by atoms with Crippen molar-refractivity contribution in [3.05, 3.63) is 101 Å². The van der Waals surface area contributed by atoms with Gasteiger partial charge in [-0.1, -0.05) is 72.3 Å². The van der Waals surface area contributed by atoms with Crippen LogP contribution in [0.3, 0.4) is 0 Å². The van der Waals surface area contributed by atoms with E-state index in [2.05, 4.69) is 58.3 Å². The number of piperidine rings is 1. The minimum Gasteiger partial charge on any atom is -0.376 e. The molecule has 0 saturated carbocycles. The molecule has 5 nitrogen and oxygen atoms in total. The summed E-state index contributed by atoms with van der Waals surface area (Å²) in [6.07, 6.45) is 1.75. The Morgan fingerprint density at radius 3 is 2.36 bits per heavy atom. The number of aliphatic hydroxyl groups excluding tert-OH is 1. The number of aliphatic hydroxyl groups is 1. The van der Waals surface area contributed by atoms with Crippen LogP contribution in [0.15, 0.2) is 78.9 Å². The maximum Gasteiger partial charge on any atom is 0.225 e. The van der Waals surface area contributed by atoms with Crippen LogP contribution in [0.2, 0.25) is 5.02 Å². The van der Waals surface area contributed by atoms with Crippen LogP contribution in [-0.2, 0) is 24.3 Å². The van der Waals surface area contributed by atoms with Crippen molar-refractivity contribution < 1.29 is 9.90 Å². The van der Waals surface area contributed by atoms with E-state index in [1.165, 1.54) is 16.8 Å². The summed E-state index contributed by atoms with van der Waals surface area (Å²) in [5.41, 5.74) is 4.76. The van der Waals surface area contributed by atoms with Gasteiger partial charge in [-0.3, -0.25) is 9.69 Å². The summed E-state index contributed by atoms with van der Waals surface area (Å²) in [7, 11) is 1.89. The van der Waals surface area contributed by atoms with E-state index < -0.39 is 6.23 Å². The van der Waals surface area contributed by atoms with E-state index in [0.29, 0.717) is 6.54 Å². The van der Waals surface area contributed by atoms with Crippen molar-refractivity contribution in [1.29, 1.82) is 0 Å². The normalized spacial score (nSPS) is 19.2. The maximum atomic E-state index is 13.1. The predicted molar refractivity (Wildman–Crippen MR) is 145 cm³/mol. The molecule has 1 fully saturated rings. The molecule has 36 heavy (non-hydrogen) atoms. The SMILES string of the molecule is CN(Cc1ccccc1)C(=O)C1CCN(C(O)C2Cc3ccccc3N2Cc2ccc(Cl)cc2)CC1. The molecule has 2 unspecified atom stereocenters. The third kappa shape index (κ3) is 5.44. The molecule has 6 heteroatoms. The number of nitrogens with zero attached hydrogens (tertiary/aromatic N) is 3. The van der Waals surface area contributed by atoms with Crippen molar-refractivity contribution in [2.24, 2.45) is 5.92 Å². The Morgan fingerprint density at radius 1 is 0.972 bits per heavy atom. The van der Waals surface area contributed by atoms with Gasteiger partial charge in [0.2, 0.25) is 5.91 Å². The number of likely N-dealkylation sites (tertiary alicyclic amines) is 1. The quantitative estimate of drug-likeness (QED) is 0.495. The van der Waals surface area contributed by atoms with Crippen molar-refractivity contribution in [2.45, 2.75) is 44.6 Å². The van der Waals surface area contributed by atoms with Gasteiger partial charge in [-0.15, -0.1) is 0 Å². The number of halogens is 1. The van der Waals surface area contributed by atoms with Gasteiger partial charge in [-0.25, -0.2) is 0 Å². The number of amides is 1. The molecule has 188 valence electrons. The number of para-hydroxylation sites is 1. The van der Waals surface area contributed by atoms with Crippen molar-refractivity contribution in [3.63, 3.8) is 0 Å². The van der Waals surface area contributed by atoms with Crippen LogP contribution in [0.1, 0.15) is 29.5 Å². The van der Waals surface area contributed by atoms with Crippen molar-refractivity contribution in [2.75, 3.05) is 25.0 Å². The Bertz CT molecular complexity index is 1160. The van der Waals surface area contributed by atoms with Crippen molar-refractivity contribution in [1.82, 2.24) is 9.80 Å². The fraction of sp³-hybridized carbons (Fsp3) is 0.367. The molecule has 5 rings (SSSR count). The summed E-state index contributed by atoms with van der Waals surface area (Å²) in [6.45, 7) is 2.79. The topological polar surface area (TPSA) is 47.0 Å². The van der Waals surface area contributed by atoms with Gasteiger partial charge in [-0.2, -0.15) is 0 Å². The zero-order valence-corrected chi connectivity index (χ0v) is 21.5. The number of benzene rings is 3. The number of hydrogen-bond donors (Lipinski definition) is 1. The lowest BCUT2D eigenvalue weighted by atomic mass is 9.94. The molecule has 3 aromatic carbocycles. The van der Waals surface area contributed by atoms with E-state index in [0.717, 1.165) is 49.5 Å². The average Bonchev–Trinajstić information content (AvgIpc) is 3.28. The molecule has 0 spiro atoms. The Labute approximate surface area is 218 Å². The van der Waals surface area contributed by atoms with Gasteiger partial charge in [0.05, 0.1) is 6.04 Å². The second kappa shape index (κ2) is 11.0. The van der Waals surface area contributed by atoms with Crippen LogP contribution in [0.5, 0.6) is 0 Å². The zero-order valence-electron chi connectivity index (χ0n) is 20.8. The molecule has 0 aromatic heterocycles. The summed E-state index contributed by atoms with van der Waals surface area (Å²) in [4.78, 5) is 19.4. The first-order chi connectivity index (χ1) is 17.5. The second-order valence-corrected chi connectivity index (χ2v) is 10.5. The number of hydrogen-bond acceptors (Lipinski definition) is 4. The smallest absolute Gasteiger partial charge is 0.225 e. The number of anilines is 1. The van der Waals surface area contributed by atoms with E-state index in [1.807, 2.05) is 42.3 Å². The number of fused-ring (bicyclic) bond motifs is 1. The molecule has 1 saturated heterocycles. The fourth-order valence-electron chi connectivity index (χ4n) is 5.63. The average molecular weight is 504 g/mol. The Kier molecular flexibility index (Phi) is 7.61.